The summed E-state index contributed by atoms with van der Waals surface area (Å²) in [5, 5.41) is 17.9. The fourth-order valence-electron chi connectivity index (χ4n) is 2.56. The smallest absolute Gasteiger partial charge is 0.293 e. The first-order chi connectivity index (χ1) is 10.1. The van der Waals surface area contributed by atoms with Crippen LogP contribution < -0.4 is 0 Å². The maximum atomic E-state index is 12.4. The van der Waals surface area contributed by atoms with Crippen molar-refractivity contribution in [1.82, 2.24) is 25.0 Å². The molecule has 7 nitrogen and oxygen atoms in total. The summed E-state index contributed by atoms with van der Waals surface area (Å²) in [6, 6.07) is 7.21. The molecular formula is C14H17N5O2. The van der Waals surface area contributed by atoms with Crippen molar-refractivity contribution in [2.75, 3.05) is 27.2 Å². The van der Waals surface area contributed by atoms with E-state index in [1.54, 1.807) is 17.0 Å². The standard InChI is InChI=1S/C14H17N5O2/c1-18(2)11-7-19(8-12(11)20)14(21)13-15-9-5-3-4-6-10(9)16-17-13/h3-6,11-12,20H,7-8H2,1-2H3/t11-,12-/m0/s1. The lowest BCUT2D eigenvalue weighted by Gasteiger charge is -2.21. The van der Waals surface area contributed by atoms with Crippen LogP contribution in [0.2, 0.25) is 0 Å². The molecule has 1 aliphatic heterocycles. The summed E-state index contributed by atoms with van der Waals surface area (Å²) in [6.45, 7) is 0.751. The predicted molar refractivity (Wildman–Crippen MR) is 76.7 cm³/mol. The molecule has 0 unspecified atom stereocenters. The summed E-state index contributed by atoms with van der Waals surface area (Å²) >= 11 is 0. The second kappa shape index (κ2) is 5.34. The van der Waals surface area contributed by atoms with Crippen LogP contribution in [0.1, 0.15) is 10.6 Å². The molecular weight excluding hydrogens is 270 g/mol. The van der Waals surface area contributed by atoms with Crippen molar-refractivity contribution < 1.29 is 9.90 Å². The first kappa shape index (κ1) is 13.8. The van der Waals surface area contributed by atoms with Gasteiger partial charge in [0, 0.05) is 13.1 Å². The summed E-state index contributed by atoms with van der Waals surface area (Å²) in [5.41, 5.74) is 1.29. The molecule has 1 N–H and O–H groups in total. The number of benzene rings is 1. The summed E-state index contributed by atoms with van der Waals surface area (Å²) in [7, 11) is 3.77. The van der Waals surface area contributed by atoms with Crippen molar-refractivity contribution in [3.05, 3.63) is 30.1 Å². The Balaban J connectivity index is 1.84. The Morgan fingerprint density at radius 3 is 2.62 bits per heavy atom. The van der Waals surface area contributed by atoms with Crippen LogP contribution in [0, 0.1) is 0 Å². The Bertz CT molecular complexity index is 675. The molecule has 1 aromatic carbocycles. The Morgan fingerprint density at radius 1 is 1.24 bits per heavy atom. The first-order valence-electron chi connectivity index (χ1n) is 6.79. The number of hydrogen-bond acceptors (Lipinski definition) is 6. The summed E-state index contributed by atoms with van der Waals surface area (Å²) in [6.07, 6.45) is -0.558. The number of fused-ring (bicyclic) bond motifs is 1. The van der Waals surface area contributed by atoms with Crippen LogP contribution >= 0.6 is 0 Å². The highest BCUT2D eigenvalue weighted by Gasteiger charge is 2.36. The van der Waals surface area contributed by atoms with Gasteiger partial charge >= 0.3 is 0 Å². The lowest BCUT2D eigenvalue weighted by Crippen LogP contribution is -2.38. The van der Waals surface area contributed by atoms with Gasteiger partial charge in [-0.15, -0.1) is 10.2 Å². The second-order valence-corrected chi connectivity index (χ2v) is 5.43. The van der Waals surface area contributed by atoms with E-state index in [1.807, 2.05) is 31.1 Å². The van der Waals surface area contributed by atoms with Crippen molar-refractivity contribution >= 4 is 16.9 Å². The molecule has 0 aliphatic carbocycles. The van der Waals surface area contributed by atoms with Crippen LogP contribution in [0.15, 0.2) is 24.3 Å². The zero-order valence-electron chi connectivity index (χ0n) is 12.0. The Kier molecular flexibility index (Phi) is 3.52. The highest BCUT2D eigenvalue weighted by Crippen LogP contribution is 2.16. The lowest BCUT2D eigenvalue weighted by atomic mass is 10.2. The number of carbonyl (C=O) groups excluding carboxylic acids is 1. The third kappa shape index (κ3) is 2.57. The quantitative estimate of drug-likeness (QED) is 0.821. The molecule has 0 bridgehead atoms. The van der Waals surface area contributed by atoms with E-state index in [-0.39, 0.29) is 24.3 Å². The minimum atomic E-state index is -0.558. The molecule has 0 spiro atoms. The number of β-amino-alcohol motifs (C(OH)–C–C–N with tert-alkyl or cyclic N) is 1. The normalized spacial score (nSPS) is 22.2. The first-order valence-corrected chi connectivity index (χ1v) is 6.79. The third-order valence-electron chi connectivity index (χ3n) is 3.76. The fourth-order valence-corrected chi connectivity index (χ4v) is 2.56. The molecule has 0 saturated carbocycles. The van der Waals surface area contributed by atoms with E-state index >= 15 is 0 Å². The van der Waals surface area contributed by atoms with Gasteiger partial charge in [-0.2, -0.15) is 0 Å². The van der Waals surface area contributed by atoms with Crippen molar-refractivity contribution in [2.24, 2.45) is 0 Å². The highest BCUT2D eigenvalue weighted by atomic mass is 16.3. The summed E-state index contributed by atoms with van der Waals surface area (Å²) < 4.78 is 0. The molecule has 3 rings (SSSR count). The van der Waals surface area contributed by atoms with E-state index in [1.165, 1.54) is 0 Å². The molecule has 1 aliphatic rings. The molecule has 110 valence electrons. The van der Waals surface area contributed by atoms with Crippen molar-refractivity contribution in [3.63, 3.8) is 0 Å². The van der Waals surface area contributed by atoms with Crippen molar-refractivity contribution in [3.8, 4) is 0 Å². The van der Waals surface area contributed by atoms with Gasteiger partial charge in [-0.1, -0.05) is 12.1 Å². The highest BCUT2D eigenvalue weighted by molar-refractivity contribution is 5.92. The second-order valence-electron chi connectivity index (χ2n) is 5.43. The number of aliphatic hydroxyl groups is 1. The topological polar surface area (TPSA) is 82.5 Å². The average molecular weight is 287 g/mol. The fraction of sp³-hybridized carbons (Fsp3) is 0.429. The number of para-hydroxylation sites is 1. The number of nitrogens with zero attached hydrogens (tertiary/aromatic N) is 5. The number of amides is 1. The third-order valence-corrected chi connectivity index (χ3v) is 3.76. The van der Waals surface area contributed by atoms with E-state index in [4.69, 9.17) is 0 Å². The number of carbonyl (C=O) groups is 1. The Morgan fingerprint density at radius 2 is 1.95 bits per heavy atom. The summed E-state index contributed by atoms with van der Waals surface area (Å²) in [4.78, 5) is 20.2. The van der Waals surface area contributed by atoms with Gasteiger partial charge in [0.2, 0.25) is 5.82 Å². The number of rotatable bonds is 2. The molecule has 1 aromatic heterocycles. The number of aliphatic hydroxyl groups excluding tert-OH is 1. The molecule has 21 heavy (non-hydrogen) atoms. The minimum absolute atomic E-state index is 0.0673. The average Bonchev–Trinajstić information content (AvgIpc) is 2.88. The molecule has 1 fully saturated rings. The molecule has 0 radical (unpaired) electrons. The van der Waals surface area contributed by atoms with E-state index in [9.17, 15) is 9.90 Å². The van der Waals surface area contributed by atoms with Crippen LogP contribution in [0.4, 0.5) is 0 Å². The van der Waals surface area contributed by atoms with Crippen LogP contribution in [0.25, 0.3) is 11.0 Å². The molecule has 7 heteroatoms. The lowest BCUT2D eigenvalue weighted by molar-refractivity contribution is 0.0751. The monoisotopic (exact) mass is 287 g/mol. The molecule has 2 aromatic rings. The van der Waals surface area contributed by atoms with Gasteiger partial charge < -0.3 is 14.9 Å². The van der Waals surface area contributed by atoms with E-state index in [0.29, 0.717) is 17.6 Å². The van der Waals surface area contributed by atoms with Gasteiger partial charge in [0.05, 0.1) is 17.7 Å². The van der Waals surface area contributed by atoms with Crippen molar-refractivity contribution in [2.45, 2.75) is 12.1 Å². The molecule has 1 amide bonds. The number of hydrogen-bond donors (Lipinski definition) is 1. The van der Waals surface area contributed by atoms with E-state index in [2.05, 4.69) is 15.2 Å². The Labute approximate surface area is 122 Å². The van der Waals surface area contributed by atoms with Crippen LogP contribution in [-0.4, -0.2) is 75.3 Å². The van der Waals surface area contributed by atoms with E-state index < -0.39 is 6.10 Å². The minimum Gasteiger partial charge on any atom is -0.390 e. The van der Waals surface area contributed by atoms with Crippen LogP contribution in [0.5, 0.6) is 0 Å². The number of likely N-dealkylation sites (tertiary alicyclic amines) is 1. The van der Waals surface area contributed by atoms with Crippen LogP contribution in [0.3, 0.4) is 0 Å². The SMILES string of the molecule is CN(C)[C@H]1CN(C(=O)c2nnc3ccccc3n2)C[C@@H]1O. The number of aromatic nitrogens is 3. The van der Waals surface area contributed by atoms with Gasteiger partial charge in [0.15, 0.2) is 0 Å². The van der Waals surface area contributed by atoms with Gasteiger partial charge in [-0.3, -0.25) is 4.79 Å². The van der Waals surface area contributed by atoms with Gasteiger partial charge in [-0.25, -0.2) is 4.98 Å². The molecule has 2 heterocycles. The summed E-state index contributed by atoms with van der Waals surface area (Å²) in [5.74, 6) is -0.225. The maximum absolute atomic E-state index is 12.4. The predicted octanol–water partition coefficient (Wildman–Crippen LogP) is -0.228. The molecule has 2 atom stereocenters. The zero-order valence-corrected chi connectivity index (χ0v) is 12.0. The van der Waals surface area contributed by atoms with Gasteiger partial charge in [-0.05, 0) is 26.2 Å². The molecule has 1 saturated heterocycles. The van der Waals surface area contributed by atoms with Gasteiger partial charge in [0.25, 0.3) is 5.91 Å². The van der Waals surface area contributed by atoms with E-state index in [0.717, 1.165) is 0 Å². The number of likely N-dealkylation sites (N-methyl/N-ethyl adjacent to an activating group) is 1. The Hall–Kier alpha value is -2.12. The van der Waals surface area contributed by atoms with Gasteiger partial charge in [0.1, 0.15) is 5.52 Å². The van der Waals surface area contributed by atoms with Crippen molar-refractivity contribution in [1.29, 1.82) is 0 Å². The largest absolute Gasteiger partial charge is 0.390 e. The maximum Gasteiger partial charge on any atom is 0.293 e. The zero-order chi connectivity index (χ0) is 15.0. The van der Waals surface area contributed by atoms with Crippen LogP contribution in [-0.2, 0) is 0 Å².